The maximum atomic E-state index is 11.2. The predicted molar refractivity (Wildman–Crippen MR) is 110 cm³/mol. The third kappa shape index (κ3) is 2.61. The summed E-state index contributed by atoms with van der Waals surface area (Å²) in [6, 6.07) is 0. The lowest BCUT2D eigenvalue weighted by Gasteiger charge is -2.62. The van der Waals surface area contributed by atoms with Crippen molar-refractivity contribution in [3.8, 4) is 0 Å². The van der Waals surface area contributed by atoms with Crippen molar-refractivity contribution in [3.63, 3.8) is 0 Å². The first kappa shape index (κ1) is 21.0. The molecule has 5 rings (SSSR count). The third-order valence-electron chi connectivity index (χ3n) is 10.5. The van der Waals surface area contributed by atoms with E-state index in [2.05, 4.69) is 27.7 Å². The molecule has 30 heavy (non-hydrogen) atoms. The molecule has 5 fully saturated rings. The average molecular weight is 423 g/mol. The molecular weight excluding hydrogens is 384 g/mol. The SMILES string of the molecule is CC1(C)COC2(CCC3C4CCC5C[C@@H](O[N+](=O)[O-])CC[C@]5(C)C4CC[C@@]32C)N1O. The molecule has 0 aromatic heterocycles. The van der Waals surface area contributed by atoms with Gasteiger partial charge in [0, 0.05) is 5.41 Å². The summed E-state index contributed by atoms with van der Waals surface area (Å²) in [4.78, 5) is 15.8. The Morgan fingerprint density at radius 3 is 2.43 bits per heavy atom. The van der Waals surface area contributed by atoms with Crippen LogP contribution in [0.5, 0.6) is 0 Å². The van der Waals surface area contributed by atoms with Crippen molar-refractivity contribution >= 4 is 0 Å². The lowest BCUT2D eigenvalue weighted by molar-refractivity contribution is -0.770. The Kier molecular flexibility index (Phi) is 4.57. The molecule has 1 N–H and O–H groups in total. The second-order valence-corrected chi connectivity index (χ2v) is 12.1. The van der Waals surface area contributed by atoms with Crippen molar-refractivity contribution in [2.45, 2.75) is 103 Å². The highest BCUT2D eigenvalue weighted by Crippen LogP contribution is 2.70. The number of hydrogen-bond donors (Lipinski definition) is 1. The van der Waals surface area contributed by atoms with E-state index in [0.717, 1.165) is 44.9 Å². The molecule has 0 aromatic carbocycles. The number of hydrogen-bond acceptors (Lipinski definition) is 6. The average Bonchev–Trinajstić information content (AvgIpc) is 3.11. The van der Waals surface area contributed by atoms with Gasteiger partial charge in [0.1, 0.15) is 11.8 Å². The van der Waals surface area contributed by atoms with Gasteiger partial charge in [-0.2, -0.15) is 5.06 Å². The summed E-state index contributed by atoms with van der Waals surface area (Å²) in [5, 5.41) is 23.0. The first-order chi connectivity index (χ1) is 14.0. The summed E-state index contributed by atoms with van der Waals surface area (Å²) in [5.74, 6) is 2.43. The number of nitrogens with zero attached hydrogens (tertiary/aromatic N) is 2. The van der Waals surface area contributed by atoms with Crippen molar-refractivity contribution in [1.82, 2.24) is 5.06 Å². The van der Waals surface area contributed by atoms with Gasteiger partial charge in [0.2, 0.25) is 0 Å². The van der Waals surface area contributed by atoms with Crippen LogP contribution in [0.15, 0.2) is 0 Å². The lowest BCUT2D eigenvalue weighted by atomic mass is 9.44. The van der Waals surface area contributed by atoms with Gasteiger partial charge in [-0.25, -0.2) is 0 Å². The second-order valence-electron chi connectivity index (χ2n) is 12.1. The smallest absolute Gasteiger partial charge is 0.294 e. The minimum absolute atomic E-state index is 0.0220. The van der Waals surface area contributed by atoms with Gasteiger partial charge >= 0.3 is 0 Å². The van der Waals surface area contributed by atoms with E-state index in [-0.39, 0.29) is 22.5 Å². The maximum absolute atomic E-state index is 11.2. The molecule has 4 aliphatic carbocycles. The van der Waals surface area contributed by atoms with Gasteiger partial charge in [0.15, 0.2) is 0 Å². The van der Waals surface area contributed by atoms with Crippen LogP contribution in [0.3, 0.4) is 0 Å². The number of rotatable bonds is 2. The van der Waals surface area contributed by atoms with Crippen LogP contribution in [0.1, 0.15) is 85.5 Å². The molecule has 1 saturated heterocycles. The van der Waals surface area contributed by atoms with E-state index in [0.29, 0.717) is 30.3 Å². The van der Waals surface area contributed by atoms with E-state index >= 15 is 0 Å². The second kappa shape index (κ2) is 6.55. The van der Waals surface area contributed by atoms with Gasteiger partial charge in [0.05, 0.1) is 12.1 Å². The molecule has 1 spiro atoms. The summed E-state index contributed by atoms with van der Waals surface area (Å²) in [5.41, 5.74) is -0.647. The van der Waals surface area contributed by atoms with Crippen molar-refractivity contribution in [2.24, 2.45) is 34.5 Å². The largest absolute Gasteiger partial charge is 0.356 e. The minimum atomic E-state index is -0.604. The molecule has 5 unspecified atom stereocenters. The summed E-state index contributed by atoms with van der Waals surface area (Å²) >= 11 is 0. The van der Waals surface area contributed by atoms with Crippen molar-refractivity contribution in [2.75, 3.05) is 6.61 Å². The lowest BCUT2D eigenvalue weighted by Crippen LogP contribution is -2.62. The maximum Gasteiger partial charge on any atom is 0.294 e. The zero-order valence-corrected chi connectivity index (χ0v) is 18.9. The molecule has 1 aliphatic heterocycles. The van der Waals surface area contributed by atoms with Crippen molar-refractivity contribution in [1.29, 1.82) is 0 Å². The minimum Gasteiger partial charge on any atom is -0.356 e. The Morgan fingerprint density at radius 1 is 1.03 bits per heavy atom. The van der Waals surface area contributed by atoms with Crippen molar-refractivity contribution in [3.05, 3.63) is 10.1 Å². The van der Waals surface area contributed by atoms with Crippen LogP contribution >= 0.6 is 0 Å². The third-order valence-corrected chi connectivity index (χ3v) is 10.5. The fraction of sp³-hybridized carbons (Fsp3) is 1.00. The molecule has 1 heterocycles. The Balaban J connectivity index is 1.39. The van der Waals surface area contributed by atoms with E-state index in [1.807, 2.05) is 0 Å². The van der Waals surface area contributed by atoms with Crippen LogP contribution in [0.4, 0.5) is 0 Å². The Morgan fingerprint density at radius 2 is 1.77 bits per heavy atom. The van der Waals surface area contributed by atoms with E-state index in [9.17, 15) is 15.3 Å². The molecule has 0 amide bonds. The molecule has 8 atom stereocenters. The number of ether oxygens (including phenoxy) is 1. The molecular formula is C23H38N2O5. The fourth-order valence-corrected chi connectivity index (χ4v) is 8.90. The van der Waals surface area contributed by atoms with Gasteiger partial charge in [-0.05, 0) is 101 Å². The zero-order valence-electron chi connectivity index (χ0n) is 18.9. The molecule has 0 bridgehead atoms. The number of hydroxylamine groups is 2. The first-order valence-corrected chi connectivity index (χ1v) is 12.0. The van der Waals surface area contributed by atoms with Gasteiger partial charge in [0.25, 0.3) is 5.09 Å². The van der Waals surface area contributed by atoms with Crippen LogP contribution in [-0.4, -0.2) is 39.3 Å². The molecule has 0 aromatic rings. The molecule has 0 radical (unpaired) electrons. The van der Waals surface area contributed by atoms with Gasteiger partial charge in [-0.1, -0.05) is 13.8 Å². The topological polar surface area (TPSA) is 85.1 Å². The summed E-state index contributed by atoms with van der Waals surface area (Å²) in [6.07, 6.45) is 9.06. The summed E-state index contributed by atoms with van der Waals surface area (Å²) in [7, 11) is 0. The fourth-order valence-electron chi connectivity index (χ4n) is 8.90. The normalized spacial score (nSPS) is 52.5. The zero-order chi connectivity index (χ0) is 21.5. The van der Waals surface area contributed by atoms with E-state index < -0.39 is 10.8 Å². The van der Waals surface area contributed by atoms with Crippen LogP contribution in [0, 0.1) is 44.6 Å². The highest BCUT2D eigenvalue weighted by molar-refractivity contribution is 5.16. The van der Waals surface area contributed by atoms with E-state index in [4.69, 9.17) is 9.57 Å². The van der Waals surface area contributed by atoms with Crippen LogP contribution < -0.4 is 0 Å². The monoisotopic (exact) mass is 422 g/mol. The Labute approximate surface area is 179 Å². The molecule has 4 saturated carbocycles. The van der Waals surface area contributed by atoms with Crippen LogP contribution in [-0.2, 0) is 9.57 Å². The van der Waals surface area contributed by atoms with Gasteiger partial charge in [-0.15, -0.1) is 10.1 Å². The molecule has 7 nitrogen and oxygen atoms in total. The molecule has 5 aliphatic rings. The quantitative estimate of drug-likeness (QED) is 0.508. The summed E-state index contributed by atoms with van der Waals surface area (Å²) < 4.78 is 6.46. The summed E-state index contributed by atoms with van der Waals surface area (Å²) in [6.45, 7) is 9.56. The van der Waals surface area contributed by atoms with Gasteiger partial charge in [-0.3, -0.25) is 0 Å². The highest BCUT2D eigenvalue weighted by Gasteiger charge is 2.70. The van der Waals surface area contributed by atoms with E-state index in [1.54, 1.807) is 5.06 Å². The number of fused-ring (bicyclic) bond motifs is 6. The van der Waals surface area contributed by atoms with Gasteiger partial charge < -0.3 is 14.8 Å². The van der Waals surface area contributed by atoms with Crippen LogP contribution in [0.2, 0.25) is 0 Å². The van der Waals surface area contributed by atoms with Crippen LogP contribution in [0.25, 0.3) is 0 Å². The van der Waals surface area contributed by atoms with E-state index in [1.165, 1.54) is 12.8 Å². The Bertz CT molecular complexity index is 730. The molecule has 170 valence electrons. The molecule has 7 heteroatoms. The standard InChI is InChI=1S/C23H38N2O5/c1-20(2)14-29-23(24(20)26)12-9-19-17-6-5-15-13-16(30-25(27)28)7-10-21(15,3)18(17)8-11-22(19,23)4/h15-19,26H,5-14H2,1-4H3/t15?,16-,17?,18?,19?,21-,22-,23?/m0/s1. The highest BCUT2D eigenvalue weighted by atomic mass is 17.0. The predicted octanol–water partition coefficient (Wildman–Crippen LogP) is 4.80. The first-order valence-electron chi connectivity index (χ1n) is 12.0. The Hall–Kier alpha value is -0.920. The van der Waals surface area contributed by atoms with Crippen molar-refractivity contribution < 1.29 is 19.9 Å².